The maximum Gasteiger partial charge on any atom is 0.443 e. The number of halogens is 3. The minimum absolute atomic E-state index is 0.0823. The number of imidazole rings is 1. The number of likely N-dealkylation sites (tertiary alicyclic amines) is 1. The van der Waals surface area contributed by atoms with E-state index >= 15 is 0 Å². The standard InChI is InChI=1S/C27H31F3N8O2S/c1-17-13-36(10-11-38(17)22(39)16-37-8-3-7-31-37)25-23(34-26(41-25)27(28,29)30)24-32-20-5-4-18(12-21(20)33-24)14-35-9-6-19(15-35)40-2/h3-5,7-8,12,17,19H,6,9-11,13-16H2,1-2H3,(H,32,33)/t17-,19?/m1/s1. The Bertz CT molecular complexity index is 1520. The van der Waals surface area contributed by atoms with Gasteiger partial charge in [-0.2, -0.15) is 18.3 Å². The van der Waals surface area contributed by atoms with Gasteiger partial charge in [-0.3, -0.25) is 14.4 Å². The number of carbonyl (C=O) groups is 1. The summed E-state index contributed by atoms with van der Waals surface area (Å²) in [6.07, 6.45) is -0.0172. The topological polar surface area (TPSA) is 95.4 Å². The van der Waals surface area contributed by atoms with Gasteiger partial charge >= 0.3 is 6.18 Å². The zero-order chi connectivity index (χ0) is 28.7. The molecule has 0 spiro atoms. The fraction of sp³-hybridized carbons (Fsp3) is 0.481. The molecule has 1 aromatic carbocycles. The maximum atomic E-state index is 13.8. The van der Waals surface area contributed by atoms with Crippen LogP contribution in [0.2, 0.25) is 0 Å². The number of methoxy groups -OCH3 is 1. The van der Waals surface area contributed by atoms with E-state index in [1.54, 1.807) is 35.2 Å². The molecule has 4 aromatic rings. The van der Waals surface area contributed by atoms with Crippen LogP contribution in [0.3, 0.4) is 0 Å². The second-order valence-electron chi connectivity index (χ2n) is 10.6. The fourth-order valence-corrected chi connectivity index (χ4v) is 6.57. The first-order chi connectivity index (χ1) is 19.7. The van der Waals surface area contributed by atoms with E-state index in [9.17, 15) is 18.0 Å². The molecular formula is C27H31F3N8O2S. The SMILES string of the molecule is COC1CCN(Cc2ccc3nc(-c4nc(C(F)(F)F)sc4N4CCN(C(=O)Cn5cccn5)[C@H](C)C4)[nH]c3c2)C1. The van der Waals surface area contributed by atoms with E-state index in [1.165, 1.54) is 0 Å². The Labute approximate surface area is 238 Å². The lowest BCUT2D eigenvalue weighted by molar-refractivity contribution is -0.137. The van der Waals surface area contributed by atoms with Crippen LogP contribution in [-0.4, -0.2) is 92.4 Å². The molecule has 1 unspecified atom stereocenters. The van der Waals surface area contributed by atoms with Crippen LogP contribution in [-0.2, 0) is 28.8 Å². The number of nitrogens with zero attached hydrogens (tertiary/aromatic N) is 7. The average molecular weight is 589 g/mol. The number of carbonyl (C=O) groups excluding carboxylic acids is 1. The third-order valence-corrected chi connectivity index (χ3v) is 8.84. The van der Waals surface area contributed by atoms with Crippen LogP contribution in [0.1, 0.15) is 23.9 Å². The number of fused-ring (bicyclic) bond motifs is 1. The first-order valence-electron chi connectivity index (χ1n) is 13.5. The monoisotopic (exact) mass is 588 g/mol. The second-order valence-corrected chi connectivity index (χ2v) is 11.6. The van der Waals surface area contributed by atoms with Gasteiger partial charge in [-0.1, -0.05) is 17.4 Å². The van der Waals surface area contributed by atoms with Crippen molar-refractivity contribution < 1.29 is 22.7 Å². The first-order valence-corrected chi connectivity index (χ1v) is 14.3. The predicted octanol–water partition coefficient (Wildman–Crippen LogP) is 3.86. The molecule has 0 radical (unpaired) electrons. The zero-order valence-electron chi connectivity index (χ0n) is 22.8. The Hall–Kier alpha value is -3.49. The summed E-state index contributed by atoms with van der Waals surface area (Å²) in [4.78, 5) is 30.7. The Morgan fingerprint density at radius 2 is 2.05 bits per heavy atom. The lowest BCUT2D eigenvalue weighted by Crippen LogP contribution is -2.54. The minimum Gasteiger partial charge on any atom is -0.380 e. The number of alkyl halides is 3. The molecule has 41 heavy (non-hydrogen) atoms. The summed E-state index contributed by atoms with van der Waals surface area (Å²) < 4.78 is 48.5. The summed E-state index contributed by atoms with van der Waals surface area (Å²) >= 11 is 0.614. The summed E-state index contributed by atoms with van der Waals surface area (Å²) in [6, 6.07) is 7.42. The molecule has 1 amide bonds. The normalized spacial score (nSPS) is 20.4. The van der Waals surface area contributed by atoms with Gasteiger partial charge in [0.25, 0.3) is 0 Å². The fourth-order valence-electron chi connectivity index (χ4n) is 5.60. The number of benzene rings is 1. The van der Waals surface area contributed by atoms with Crippen molar-refractivity contribution >= 4 is 33.3 Å². The molecule has 10 nitrogen and oxygen atoms in total. The van der Waals surface area contributed by atoms with Crippen molar-refractivity contribution in [3.63, 3.8) is 0 Å². The number of aromatic amines is 1. The summed E-state index contributed by atoms with van der Waals surface area (Å²) in [6.45, 7) is 5.72. The highest BCUT2D eigenvalue weighted by molar-refractivity contribution is 7.16. The van der Waals surface area contributed by atoms with Crippen molar-refractivity contribution in [1.82, 2.24) is 34.5 Å². The summed E-state index contributed by atoms with van der Waals surface area (Å²) in [5, 5.41) is 3.57. The number of hydrogen-bond donors (Lipinski definition) is 1. The third-order valence-electron chi connectivity index (χ3n) is 7.68. The van der Waals surface area contributed by atoms with Gasteiger partial charge in [0.15, 0.2) is 5.82 Å². The largest absolute Gasteiger partial charge is 0.443 e. The molecule has 2 fully saturated rings. The molecule has 2 saturated heterocycles. The molecule has 6 rings (SSSR count). The molecule has 0 saturated carbocycles. The average Bonchev–Trinajstić information content (AvgIpc) is 3.74. The van der Waals surface area contributed by atoms with E-state index < -0.39 is 11.2 Å². The predicted molar refractivity (Wildman–Crippen MR) is 149 cm³/mol. The number of hydrogen-bond acceptors (Lipinski definition) is 8. The van der Waals surface area contributed by atoms with Crippen molar-refractivity contribution in [2.45, 2.75) is 44.8 Å². The number of nitrogens with one attached hydrogen (secondary N) is 1. The maximum absolute atomic E-state index is 13.8. The number of rotatable bonds is 7. The molecule has 1 N–H and O–H groups in total. The molecule has 14 heteroatoms. The Kier molecular flexibility index (Phi) is 7.47. The number of anilines is 1. The van der Waals surface area contributed by atoms with Crippen molar-refractivity contribution in [2.24, 2.45) is 0 Å². The smallest absolute Gasteiger partial charge is 0.380 e. The van der Waals surface area contributed by atoms with Crippen molar-refractivity contribution in [3.8, 4) is 11.5 Å². The van der Waals surface area contributed by atoms with Gasteiger partial charge in [0.2, 0.25) is 10.9 Å². The highest BCUT2D eigenvalue weighted by Crippen LogP contribution is 2.42. The molecule has 3 aromatic heterocycles. The van der Waals surface area contributed by atoms with Crippen LogP contribution in [0.4, 0.5) is 18.2 Å². The van der Waals surface area contributed by atoms with Gasteiger partial charge in [0.1, 0.15) is 17.2 Å². The van der Waals surface area contributed by atoms with E-state index in [0.29, 0.717) is 47.3 Å². The van der Waals surface area contributed by atoms with E-state index in [2.05, 4.69) is 25.0 Å². The van der Waals surface area contributed by atoms with Gasteiger partial charge < -0.3 is 19.5 Å². The lowest BCUT2D eigenvalue weighted by atomic mass is 10.2. The Morgan fingerprint density at radius 1 is 1.20 bits per heavy atom. The zero-order valence-corrected chi connectivity index (χ0v) is 23.6. The first kappa shape index (κ1) is 27.7. The van der Waals surface area contributed by atoms with Crippen LogP contribution in [0.15, 0.2) is 36.7 Å². The number of aromatic nitrogens is 5. The highest BCUT2D eigenvalue weighted by Gasteiger charge is 2.39. The van der Waals surface area contributed by atoms with Gasteiger partial charge in [-0.25, -0.2) is 9.97 Å². The summed E-state index contributed by atoms with van der Waals surface area (Å²) in [7, 11) is 1.73. The lowest BCUT2D eigenvalue weighted by Gasteiger charge is -2.40. The number of ether oxygens (including phenoxy) is 1. The molecule has 2 atom stereocenters. The Balaban J connectivity index is 1.24. The number of H-pyrrole nitrogens is 1. The number of thiazole rings is 1. The van der Waals surface area contributed by atoms with Crippen LogP contribution in [0.25, 0.3) is 22.6 Å². The quantitative estimate of drug-likeness (QED) is 0.350. The van der Waals surface area contributed by atoms with Gasteiger partial charge in [0, 0.05) is 64.8 Å². The van der Waals surface area contributed by atoms with E-state index in [1.807, 2.05) is 30.0 Å². The van der Waals surface area contributed by atoms with Crippen LogP contribution >= 0.6 is 11.3 Å². The minimum atomic E-state index is -4.58. The van der Waals surface area contributed by atoms with Crippen LogP contribution in [0, 0.1) is 0 Å². The number of piperazine rings is 1. The van der Waals surface area contributed by atoms with E-state index in [0.717, 1.165) is 37.1 Å². The molecule has 2 aliphatic rings. The van der Waals surface area contributed by atoms with Crippen molar-refractivity contribution in [3.05, 3.63) is 47.2 Å². The molecule has 0 aliphatic carbocycles. The van der Waals surface area contributed by atoms with E-state index in [-0.39, 0.29) is 30.3 Å². The summed E-state index contributed by atoms with van der Waals surface area (Å²) in [5.41, 5.74) is 2.67. The molecule has 218 valence electrons. The second kappa shape index (κ2) is 11.1. The van der Waals surface area contributed by atoms with E-state index in [4.69, 9.17) is 4.74 Å². The molecule has 2 aliphatic heterocycles. The molecular weight excluding hydrogens is 557 g/mol. The van der Waals surface area contributed by atoms with Gasteiger partial charge in [0.05, 0.1) is 17.1 Å². The van der Waals surface area contributed by atoms with Gasteiger partial charge in [-0.15, -0.1) is 0 Å². The third kappa shape index (κ3) is 5.81. The summed E-state index contributed by atoms with van der Waals surface area (Å²) in [5.74, 6) is 0.213. The van der Waals surface area contributed by atoms with Crippen molar-refractivity contribution in [1.29, 1.82) is 0 Å². The highest BCUT2D eigenvalue weighted by atomic mass is 32.1. The van der Waals surface area contributed by atoms with Crippen LogP contribution < -0.4 is 4.90 Å². The Morgan fingerprint density at radius 3 is 2.76 bits per heavy atom. The van der Waals surface area contributed by atoms with Crippen LogP contribution in [0.5, 0.6) is 0 Å². The molecule has 0 bridgehead atoms. The van der Waals surface area contributed by atoms with Crippen molar-refractivity contribution in [2.75, 3.05) is 44.7 Å². The van der Waals surface area contributed by atoms with Gasteiger partial charge in [-0.05, 0) is 37.1 Å². The molecule has 5 heterocycles. The number of amides is 1.